The van der Waals surface area contributed by atoms with Crippen LogP contribution in [-0.2, 0) is 16.0 Å². The molecule has 0 N–H and O–H groups in total. The molecule has 4 amide bonds. The summed E-state index contributed by atoms with van der Waals surface area (Å²) in [5.41, 5.74) is 1.12. The van der Waals surface area contributed by atoms with E-state index in [-0.39, 0.29) is 36.7 Å². The molecule has 0 radical (unpaired) electrons. The molecule has 0 aliphatic carbocycles. The third kappa shape index (κ3) is 7.06. The minimum Gasteiger partial charge on any atom is -0.444 e. The van der Waals surface area contributed by atoms with Crippen molar-refractivity contribution in [1.82, 2.24) is 14.7 Å². The smallest absolute Gasteiger partial charge is 0.411 e. The maximum atomic E-state index is 13.2. The van der Waals surface area contributed by atoms with Gasteiger partial charge in [0.1, 0.15) is 5.60 Å². The van der Waals surface area contributed by atoms with E-state index in [0.29, 0.717) is 37.2 Å². The highest BCUT2D eigenvalue weighted by Gasteiger charge is 2.34. The summed E-state index contributed by atoms with van der Waals surface area (Å²) in [5, 5.41) is 2.23. The van der Waals surface area contributed by atoms with Crippen LogP contribution in [0.1, 0.15) is 59.9 Å². The minimum absolute atomic E-state index is 0.0499. The number of hydrogen-bond acceptors (Lipinski definition) is 5. The first-order valence-electron chi connectivity index (χ1n) is 14.7. The predicted octanol–water partition coefficient (Wildman–Crippen LogP) is 5.16. The molecule has 0 unspecified atom stereocenters. The van der Waals surface area contributed by atoms with E-state index >= 15 is 0 Å². The number of carbonyl (C=O) groups is 4. The van der Waals surface area contributed by atoms with Crippen LogP contribution in [0.15, 0.2) is 66.7 Å². The lowest BCUT2D eigenvalue weighted by atomic mass is 9.95. The van der Waals surface area contributed by atoms with Gasteiger partial charge in [0.15, 0.2) is 0 Å². The third-order valence-corrected chi connectivity index (χ3v) is 7.83. The van der Waals surface area contributed by atoms with Gasteiger partial charge in [0, 0.05) is 19.6 Å². The average molecular weight is 580 g/mol. The molecule has 0 atom stereocenters. The SMILES string of the molecule is CC(C)(C)OC(=O)N(CC#CCN1C(=O)c2ccccc2C1=O)CC1CCN(C(=O)Cc2cccc3ccccc23)CC1. The third-order valence-electron chi connectivity index (χ3n) is 7.83. The van der Waals surface area contributed by atoms with E-state index < -0.39 is 11.7 Å². The molecule has 0 aromatic heterocycles. The van der Waals surface area contributed by atoms with Crippen molar-refractivity contribution in [3.8, 4) is 11.8 Å². The van der Waals surface area contributed by atoms with Gasteiger partial charge in [-0.15, -0.1) is 0 Å². The lowest BCUT2D eigenvalue weighted by molar-refractivity contribution is -0.131. The van der Waals surface area contributed by atoms with Gasteiger partial charge < -0.3 is 9.64 Å². The van der Waals surface area contributed by atoms with Gasteiger partial charge in [-0.3, -0.25) is 24.2 Å². The van der Waals surface area contributed by atoms with Gasteiger partial charge in [-0.1, -0.05) is 66.4 Å². The molecule has 43 heavy (non-hydrogen) atoms. The zero-order valence-electron chi connectivity index (χ0n) is 25.0. The summed E-state index contributed by atoms with van der Waals surface area (Å²) < 4.78 is 5.65. The van der Waals surface area contributed by atoms with E-state index in [1.165, 1.54) is 0 Å². The monoisotopic (exact) mass is 579 g/mol. The number of fused-ring (bicyclic) bond motifs is 2. The number of rotatable bonds is 6. The molecule has 2 aliphatic rings. The Morgan fingerprint density at radius 1 is 0.884 bits per heavy atom. The molecule has 3 aromatic rings. The van der Waals surface area contributed by atoms with Gasteiger partial charge in [0.2, 0.25) is 5.91 Å². The highest BCUT2D eigenvalue weighted by molar-refractivity contribution is 6.21. The van der Waals surface area contributed by atoms with Crippen LogP contribution in [-0.4, -0.2) is 76.8 Å². The fraction of sp³-hybridized carbons (Fsp3) is 0.371. The number of nitrogens with zero attached hydrogens (tertiary/aromatic N) is 3. The zero-order chi connectivity index (χ0) is 30.6. The quantitative estimate of drug-likeness (QED) is 0.298. The normalized spacial score (nSPS) is 15.2. The number of amides is 4. The first-order valence-corrected chi connectivity index (χ1v) is 14.7. The van der Waals surface area contributed by atoms with Crippen molar-refractivity contribution in [2.75, 3.05) is 32.7 Å². The Morgan fingerprint density at radius 3 is 2.19 bits per heavy atom. The standard InChI is InChI=1S/C35H37N3O5/c1-35(2,3)43-34(42)37(19-8-9-20-38-32(40)29-15-6-7-16-30(29)33(38)41)24-25-17-21-36(22-18-25)31(39)23-27-13-10-12-26-11-4-5-14-28(26)27/h4-7,10-16,25H,17-24H2,1-3H3. The number of piperidine rings is 1. The van der Waals surface area contributed by atoms with E-state index in [1.807, 2.05) is 49.9 Å². The van der Waals surface area contributed by atoms with Crippen LogP contribution in [0, 0.1) is 17.8 Å². The topological polar surface area (TPSA) is 87.2 Å². The van der Waals surface area contributed by atoms with Crippen molar-refractivity contribution in [2.45, 2.75) is 45.6 Å². The van der Waals surface area contributed by atoms with Crippen LogP contribution in [0.5, 0.6) is 0 Å². The van der Waals surface area contributed by atoms with Crippen molar-refractivity contribution in [3.63, 3.8) is 0 Å². The average Bonchev–Trinajstić information content (AvgIpc) is 3.23. The fourth-order valence-electron chi connectivity index (χ4n) is 5.60. The molecule has 8 heteroatoms. The summed E-state index contributed by atoms with van der Waals surface area (Å²) in [6.45, 7) is 7.21. The van der Waals surface area contributed by atoms with Gasteiger partial charge >= 0.3 is 6.09 Å². The Labute approximate surface area is 252 Å². The van der Waals surface area contributed by atoms with E-state index in [2.05, 4.69) is 30.0 Å². The Bertz CT molecular complexity index is 1560. The lowest BCUT2D eigenvalue weighted by Crippen LogP contribution is -2.44. The largest absolute Gasteiger partial charge is 0.444 e. The highest BCUT2D eigenvalue weighted by Crippen LogP contribution is 2.24. The molecule has 0 saturated carbocycles. The van der Waals surface area contributed by atoms with Gasteiger partial charge in [-0.2, -0.15) is 0 Å². The summed E-state index contributed by atoms with van der Waals surface area (Å²) >= 11 is 0. The molecule has 0 bridgehead atoms. The van der Waals surface area contributed by atoms with Crippen molar-refractivity contribution >= 4 is 34.6 Å². The highest BCUT2D eigenvalue weighted by atomic mass is 16.6. The molecule has 1 saturated heterocycles. The number of carbonyl (C=O) groups excluding carboxylic acids is 4. The summed E-state index contributed by atoms with van der Waals surface area (Å²) in [5.74, 6) is 5.44. The molecule has 8 nitrogen and oxygen atoms in total. The Kier molecular flexibility index (Phi) is 8.81. The van der Waals surface area contributed by atoms with Crippen LogP contribution < -0.4 is 0 Å². The van der Waals surface area contributed by atoms with Crippen molar-refractivity contribution in [1.29, 1.82) is 0 Å². The van der Waals surface area contributed by atoms with Crippen molar-refractivity contribution < 1.29 is 23.9 Å². The van der Waals surface area contributed by atoms with Crippen LogP contribution >= 0.6 is 0 Å². The summed E-state index contributed by atoms with van der Waals surface area (Å²) in [4.78, 5) is 56.1. The Balaban J connectivity index is 1.17. The number of likely N-dealkylation sites (tertiary alicyclic amines) is 1. The molecule has 0 spiro atoms. The van der Waals surface area contributed by atoms with E-state index in [1.54, 1.807) is 29.2 Å². The second-order valence-electron chi connectivity index (χ2n) is 12.1. The molecule has 1 fully saturated rings. The predicted molar refractivity (Wildman–Crippen MR) is 164 cm³/mol. The van der Waals surface area contributed by atoms with E-state index in [0.717, 1.165) is 34.1 Å². The van der Waals surface area contributed by atoms with Crippen molar-refractivity contribution in [2.24, 2.45) is 5.92 Å². The second kappa shape index (κ2) is 12.7. The molecule has 2 heterocycles. The number of ether oxygens (including phenoxy) is 1. The molecule has 5 rings (SSSR count). The van der Waals surface area contributed by atoms with Crippen LogP contribution in [0.25, 0.3) is 10.8 Å². The van der Waals surface area contributed by atoms with Crippen LogP contribution in [0.2, 0.25) is 0 Å². The fourth-order valence-corrected chi connectivity index (χ4v) is 5.60. The second-order valence-corrected chi connectivity index (χ2v) is 12.1. The Morgan fingerprint density at radius 2 is 1.51 bits per heavy atom. The summed E-state index contributed by atoms with van der Waals surface area (Å²) in [7, 11) is 0. The van der Waals surface area contributed by atoms with Gasteiger partial charge in [0.05, 0.1) is 30.6 Å². The number of hydrogen-bond donors (Lipinski definition) is 0. The van der Waals surface area contributed by atoms with Gasteiger partial charge in [-0.05, 0) is 68.0 Å². The summed E-state index contributed by atoms with van der Waals surface area (Å²) in [6.07, 6.45) is 1.43. The first-order chi connectivity index (χ1) is 20.6. The molecule has 222 valence electrons. The summed E-state index contributed by atoms with van der Waals surface area (Å²) in [6, 6.07) is 20.9. The van der Waals surface area contributed by atoms with Crippen LogP contribution in [0.4, 0.5) is 4.79 Å². The van der Waals surface area contributed by atoms with Crippen molar-refractivity contribution in [3.05, 3.63) is 83.4 Å². The molecule has 3 aromatic carbocycles. The van der Waals surface area contributed by atoms with Crippen LogP contribution in [0.3, 0.4) is 0 Å². The first kappa shape index (κ1) is 29.8. The Hall–Kier alpha value is -4.64. The minimum atomic E-state index is -0.666. The maximum Gasteiger partial charge on any atom is 0.411 e. The van der Waals surface area contributed by atoms with Gasteiger partial charge in [0.25, 0.3) is 11.8 Å². The lowest BCUT2D eigenvalue weighted by Gasteiger charge is -2.35. The number of imide groups is 1. The maximum absolute atomic E-state index is 13.2. The van der Waals surface area contributed by atoms with Gasteiger partial charge in [-0.25, -0.2) is 4.79 Å². The molecule has 2 aliphatic heterocycles. The molecular formula is C35H37N3O5. The molecular weight excluding hydrogens is 542 g/mol. The number of benzene rings is 3. The zero-order valence-corrected chi connectivity index (χ0v) is 25.0. The van der Waals surface area contributed by atoms with E-state index in [4.69, 9.17) is 4.74 Å². The van der Waals surface area contributed by atoms with E-state index in [9.17, 15) is 19.2 Å².